The standard InChI is InChI=1S/C23H30O9/c1-25-13-9-15(27-3)19(16(10-13)28-4)21(23(31-7)32-8)22(24)20-17(29-5)11-14(26-2)12-18(20)30-6/h9-12,21,23H,1-8H3. The molecule has 0 aliphatic carbocycles. The summed E-state index contributed by atoms with van der Waals surface area (Å²) in [5.41, 5.74) is 0.620. The number of hydrogen-bond donors (Lipinski definition) is 0. The van der Waals surface area contributed by atoms with E-state index in [9.17, 15) is 4.79 Å². The molecule has 2 aromatic carbocycles. The molecule has 0 saturated heterocycles. The van der Waals surface area contributed by atoms with Gasteiger partial charge < -0.3 is 37.9 Å². The minimum Gasteiger partial charge on any atom is -0.496 e. The smallest absolute Gasteiger partial charge is 0.183 e. The molecule has 0 radical (unpaired) electrons. The normalized spacial score (nSPS) is 11.7. The second-order valence-electron chi connectivity index (χ2n) is 6.53. The van der Waals surface area contributed by atoms with Crippen LogP contribution in [-0.2, 0) is 9.47 Å². The van der Waals surface area contributed by atoms with Gasteiger partial charge in [0.05, 0.1) is 48.2 Å². The summed E-state index contributed by atoms with van der Waals surface area (Å²) in [6.07, 6.45) is -0.977. The van der Waals surface area contributed by atoms with Gasteiger partial charge in [-0.2, -0.15) is 0 Å². The van der Waals surface area contributed by atoms with Crippen molar-refractivity contribution in [1.82, 2.24) is 0 Å². The lowest BCUT2D eigenvalue weighted by Crippen LogP contribution is -2.31. The van der Waals surface area contributed by atoms with Gasteiger partial charge in [0.25, 0.3) is 0 Å². The molecule has 0 aromatic heterocycles. The molecule has 176 valence electrons. The van der Waals surface area contributed by atoms with Gasteiger partial charge in [-0.3, -0.25) is 4.79 Å². The van der Waals surface area contributed by atoms with E-state index < -0.39 is 18.0 Å². The highest BCUT2D eigenvalue weighted by Crippen LogP contribution is 2.45. The fourth-order valence-electron chi connectivity index (χ4n) is 3.50. The molecule has 32 heavy (non-hydrogen) atoms. The maximum atomic E-state index is 14.1. The topological polar surface area (TPSA) is 90.9 Å². The predicted octanol–water partition coefficient (Wildman–Crippen LogP) is 3.32. The van der Waals surface area contributed by atoms with E-state index in [-0.39, 0.29) is 17.1 Å². The van der Waals surface area contributed by atoms with E-state index in [1.54, 1.807) is 24.3 Å². The molecule has 1 unspecified atom stereocenters. The van der Waals surface area contributed by atoms with Crippen molar-refractivity contribution in [2.75, 3.05) is 56.9 Å². The SMILES string of the molecule is COc1cc(OC)c(C(=O)C(c2c(OC)cc(OC)cc2OC)C(OC)OC)c(OC)c1. The molecule has 9 nitrogen and oxygen atoms in total. The molecule has 1 atom stereocenters. The van der Waals surface area contributed by atoms with Crippen molar-refractivity contribution in [2.24, 2.45) is 0 Å². The Bertz CT molecular complexity index is 872. The predicted molar refractivity (Wildman–Crippen MR) is 117 cm³/mol. The molecule has 0 bridgehead atoms. The third-order valence-electron chi connectivity index (χ3n) is 5.04. The Kier molecular flexibility index (Phi) is 8.98. The second-order valence-corrected chi connectivity index (χ2v) is 6.53. The van der Waals surface area contributed by atoms with Gasteiger partial charge in [-0.1, -0.05) is 0 Å². The zero-order chi connectivity index (χ0) is 23.8. The fraction of sp³-hybridized carbons (Fsp3) is 0.435. The molecule has 0 heterocycles. The molecule has 0 fully saturated rings. The van der Waals surface area contributed by atoms with Gasteiger partial charge in [-0.25, -0.2) is 0 Å². The molecule has 2 aromatic rings. The zero-order valence-corrected chi connectivity index (χ0v) is 19.6. The van der Waals surface area contributed by atoms with Gasteiger partial charge in [-0.15, -0.1) is 0 Å². The van der Waals surface area contributed by atoms with E-state index in [0.717, 1.165) is 0 Å². The summed E-state index contributed by atoms with van der Waals surface area (Å²) in [6.45, 7) is 0. The highest BCUT2D eigenvalue weighted by molar-refractivity contribution is 6.06. The molecular formula is C23H30O9. The summed E-state index contributed by atoms with van der Waals surface area (Å²) in [5.74, 6) is 0.854. The molecule has 2 rings (SSSR count). The number of rotatable bonds is 12. The first-order chi connectivity index (χ1) is 15.4. The third kappa shape index (κ3) is 4.84. The van der Waals surface area contributed by atoms with Crippen LogP contribution in [0.4, 0.5) is 0 Å². The number of ketones is 1. The van der Waals surface area contributed by atoms with Crippen LogP contribution < -0.4 is 28.4 Å². The summed E-state index contributed by atoms with van der Waals surface area (Å²) in [6, 6.07) is 6.51. The van der Waals surface area contributed by atoms with Gasteiger partial charge in [0.15, 0.2) is 12.1 Å². The van der Waals surface area contributed by atoms with Crippen LogP contribution >= 0.6 is 0 Å². The lowest BCUT2D eigenvalue weighted by atomic mass is 9.87. The highest BCUT2D eigenvalue weighted by Gasteiger charge is 2.39. The van der Waals surface area contributed by atoms with Gasteiger partial charge in [0.1, 0.15) is 46.0 Å². The third-order valence-corrected chi connectivity index (χ3v) is 5.04. The van der Waals surface area contributed by atoms with Crippen molar-refractivity contribution in [3.8, 4) is 34.5 Å². The molecule has 0 N–H and O–H groups in total. The fourth-order valence-corrected chi connectivity index (χ4v) is 3.50. The van der Waals surface area contributed by atoms with Crippen molar-refractivity contribution >= 4 is 5.78 Å². The van der Waals surface area contributed by atoms with Crippen molar-refractivity contribution < 1.29 is 42.7 Å². The minimum atomic E-state index is -1.00. The van der Waals surface area contributed by atoms with Crippen LogP contribution in [0.15, 0.2) is 24.3 Å². The van der Waals surface area contributed by atoms with Crippen LogP contribution in [0.5, 0.6) is 34.5 Å². The number of ether oxygens (including phenoxy) is 8. The van der Waals surface area contributed by atoms with E-state index in [4.69, 9.17) is 37.9 Å². The van der Waals surface area contributed by atoms with E-state index in [1.165, 1.54) is 56.9 Å². The van der Waals surface area contributed by atoms with E-state index in [0.29, 0.717) is 28.6 Å². The van der Waals surface area contributed by atoms with E-state index >= 15 is 0 Å². The maximum absolute atomic E-state index is 14.1. The summed E-state index contributed by atoms with van der Waals surface area (Å²) in [4.78, 5) is 14.1. The Morgan fingerprint density at radius 2 is 0.969 bits per heavy atom. The Hall–Kier alpha value is -3.17. The van der Waals surface area contributed by atoms with Crippen LogP contribution in [0, 0.1) is 0 Å². The first-order valence-electron chi connectivity index (χ1n) is 9.64. The average Bonchev–Trinajstić information content (AvgIpc) is 2.84. The monoisotopic (exact) mass is 450 g/mol. The van der Waals surface area contributed by atoms with Crippen LogP contribution in [-0.4, -0.2) is 69.0 Å². The average molecular weight is 450 g/mol. The molecule has 0 aliphatic heterocycles. The van der Waals surface area contributed by atoms with Crippen molar-refractivity contribution in [2.45, 2.75) is 12.2 Å². The van der Waals surface area contributed by atoms with Crippen LogP contribution in [0.3, 0.4) is 0 Å². The quantitative estimate of drug-likeness (QED) is 0.357. The van der Waals surface area contributed by atoms with Gasteiger partial charge in [-0.05, 0) is 0 Å². The first kappa shape index (κ1) is 25.1. The number of hydrogen-bond acceptors (Lipinski definition) is 9. The lowest BCUT2D eigenvalue weighted by molar-refractivity contribution is -0.111. The summed E-state index contributed by atoms with van der Waals surface area (Å²) >= 11 is 0. The highest BCUT2D eigenvalue weighted by atomic mass is 16.7. The number of benzene rings is 2. The summed E-state index contributed by atoms with van der Waals surface area (Å²) < 4.78 is 43.8. The largest absolute Gasteiger partial charge is 0.496 e. The van der Waals surface area contributed by atoms with Crippen molar-refractivity contribution in [3.05, 3.63) is 35.4 Å². The minimum absolute atomic E-state index is 0.194. The van der Waals surface area contributed by atoms with Crippen molar-refractivity contribution in [3.63, 3.8) is 0 Å². The molecule has 0 spiro atoms. The Labute approximate surface area is 188 Å². The second kappa shape index (κ2) is 11.4. The Morgan fingerprint density at radius 1 is 0.594 bits per heavy atom. The molecule has 0 aliphatic rings. The Balaban J connectivity index is 2.84. The maximum Gasteiger partial charge on any atom is 0.183 e. The van der Waals surface area contributed by atoms with Gasteiger partial charge in [0.2, 0.25) is 0 Å². The van der Waals surface area contributed by atoms with E-state index in [2.05, 4.69) is 0 Å². The number of carbonyl (C=O) groups is 1. The number of methoxy groups -OCH3 is 8. The number of Topliss-reactive ketones (excluding diaryl/α,β-unsaturated/α-hetero) is 1. The Morgan fingerprint density at radius 3 is 1.28 bits per heavy atom. The zero-order valence-electron chi connectivity index (χ0n) is 19.6. The van der Waals surface area contributed by atoms with Crippen LogP contribution in [0.25, 0.3) is 0 Å². The van der Waals surface area contributed by atoms with E-state index in [1.807, 2.05) is 0 Å². The molecular weight excluding hydrogens is 420 g/mol. The van der Waals surface area contributed by atoms with Crippen LogP contribution in [0.2, 0.25) is 0 Å². The number of carbonyl (C=O) groups excluding carboxylic acids is 1. The summed E-state index contributed by atoms with van der Waals surface area (Å²) in [7, 11) is 11.8. The first-order valence-corrected chi connectivity index (χ1v) is 9.64. The molecule has 0 saturated carbocycles. The van der Waals surface area contributed by atoms with Gasteiger partial charge in [0, 0.05) is 38.5 Å². The lowest BCUT2D eigenvalue weighted by Gasteiger charge is -2.28. The molecule has 9 heteroatoms. The van der Waals surface area contributed by atoms with Gasteiger partial charge >= 0.3 is 0 Å². The van der Waals surface area contributed by atoms with Crippen molar-refractivity contribution in [1.29, 1.82) is 0 Å². The summed E-state index contributed by atoms with van der Waals surface area (Å²) in [5, 5.41) is 0. The molecule has 0 amide bonds. The van der Waals surface area contributed by atoms with Crippen LogP contribution in [0.1, 0.15) is 21.8 Å².